The minimum absolute atomic E-state index is 0.278. The number of esters is 1. The van der Waals surface area contributed by atoms with Gasteiger partial charge in [-0.15, -0.1) is 0 Å². The van der Waals surface area contributed by atoms with Crippen molar-refractivity contribution in [3.8, 4) is 11.3 Å². The van der Waals surface area contributed by atoms with Gasteiger partial charge >= 0.3 is 5.97 Å². The van der Waals surface area contributed by atoms with Crippen LogP contribution >= 0.6 is 0 Å². The van der Waals surface area contributed by atoms with Gasteiger partial charge < -0.3 is 4.74 Å². The molecule has 0 unspecified atom stereocenters. The van der Waals surface area contributed by atoms with Crippen LogP contribution < -0.4 is 5.56 Å². The third-order valence-corrected chi connectivity index (χ3v) is 4.18. The minimum Gasteiger partial charge on any atom is -0.464 e. The Morgan fingerprint density at radius 2 is 1.79 bits per heavy atom. The molecule has 5 nitrogen and oxygen atoms in total. The molecule has 2 rings (SSSR count). The number of aryl methyl sites for hydroxylation is 3. The van der Waals surface area contributed by atoms with Gasteiger partial charge in [0.1, 0.15) is 0 Å². The Labute approximate surface area is 142 Å². The molecular weight excluding hydrogens is 304 g/mol. The lowest BCUT2D eigenvalue weighted by Gasteiger charge is -2.17. The third kappa shape index (κ3) is 3.55. The van der Waals surface area contributed by atoms with E-state index in [0.29, 0.717) is 12.1 Å². The van der Waals surface area contributed by atoms with Crippen molar-refractivity contribution in [2.75, 3.05) is 6.61 Å². The molecular formula is C19H24N2O3. The van der Waals surface area contributed by atoms with E-state index in [0.717, 1.165) is 16.7 Å². The van der Waals surface area contributed by atoms with Crippen molar-refractivity contribution in [1.82, 2.24) is 9.78 Å². The zero-order valence-electron chi connectivity index (χ0n) is 14.9. The largest absolute Gasteiger partial charge is 0.464 e. The number of nitrogens with zero attached hydrogens (tertiary/aromatic N) is 2. The molecule has 0 N–H and O–H groups in total. The molecule has 2 aromatic rings. The first-order chi connectivity index (χ1) is 11.4. The van der Waals surface area contributed by atoms with Crippen LogP contribution in [-0.4, -0.2) is 22.4 Å². The third-order valence-electron chi connectivity index (χ3n) is 4.18. The second kappa shape index (κ2) is 7.43. The second-order valence-electron chi connectivity index (χ2n) is 5.93. The normalized spacial score (nSPS) is 12.0. The van der Waals surface area contributed by atoms with Crippen LogP contribution in [0.4, 0.5) is 0 Å². The lowest BCUT2D eigenvalue weighted by Crippen LogP contribution is -2.32. The van der Waals surface area contributed by atoms with Crippen LogP contribution in [0.5, 0.6) is 0 Å². The van der Waals surface area contributed by atoms with E-state index in [9.17, 15) is 9.59 Å². The fourth-order valence-corrected chi connectivity index (χ4v) is 2.71. The first-order valence-corrected chi connectivity index (χ1v) is 8.23. The number of carbonyl (C=O) groups is 1. The summed E-state index contributed by atoms with van der Waals surface area (Å²) in [6.45, 7) is 9.98. The number of aromatic nitrogens is 2. The highest BCUT2D eigenvalue weighted by Crippen LogP contribution is 2.24. The highest BCUT2D eigenvalue weighted by molar-refractivity contribution is 5.74. The Bertz CT molecular complexity index is 809. The average Bonchev–Trinajstić information content (AvgIpc) is 2.54. The molecule has 128 valence electrons. The number of hydrogen-bond acceptors (Lipinski definition) is 4. The highest BCUT2D eigenvalue weighted by Gasteiger charge is 2.22. The van der Waals surface area contributed by atoms with Gasteiger partial charge in [0.25, 0.3) is 5.56 Å². The summed E-state index contributed by atoms with van der Waals surface area (Å²) >= 11 is 0. The van der Waals surface area contributed by atoms with E-state index in [2.05, 4.69) is 24.2 Å². The van der Waals surface area contributed by atoms with Gasteiger partial charge in [-0.3, -0.25) is 4.79 Å². The first-order valence-electron chi connectivity index (χ1n) is 8.23. The fourth-order valence-electron chi connectivity index (χ4n) is 2.71. The monoisotopic (exact) mass is 328 g/mol. The Morgan fingerprint density at radius 1 is 1.12 bits per heavy atom. The van der Waals surface area contributed by atoms with E-state index >= 15 is 0 Å². The standard InChI is InChI=1S/C19H24N2O3/c1-6-17(19(23)24-7-2)21-18(22)9-8-16(20-21)15-11-13(4)12(3)10-14(15)5/h8-11,17H,6-7H2,1-5H3/t17-/m1/s1. The van der Waals surface area contributed by atoms with Crippen molar-refractivity contribution < 1.29 is 9.53 Å². The molecule has 5 heteroatoms. The van der Waals surface area contributed by atoms with Gasteiger partial charge in [0, 0.05) is 11.6 Å². The van der Waals surface area contributed by atoms with Crippen molar-refractivity contribution in [1.29, 1.82) is 0 Å². The van der Waals surface area contributed by atoms with Gasteiger partial charge in [0.05, 0.1) is 12.3 Å². The molecule has 0 aliphatic heterocycles. The molecule has 0 bridgehead atoms. The molecule has 0 radical (unpaired) electrons. The van der Waals surface area contributed by atoms with Gasteiger partial charge in [0.2, 0.25) is 0 Å². The van der Waals surface area contributed by atoms with Gasteiger partial charge in [-0.05, 0) is 62.9 Å². The summed E-state index contributed by atoms with van der Waals surface area (Å²) in [7, 11) is 0. The lowest BCUT2D eigenvalue weighted by atomic mass is 9.99. The Balaban J connectivity index is 2.55. The van der Waals surface area contributed by atoms with E-state index in [4.69, 9.17) is 4.74 Å². The van der Waals surface area contributed by atoms with Crippen molar-refractivity contribution >= 4 is 5.97 Å². The van der Waals surface area contributed by atoms with E-state index < -0.39 is 12.0 Å². The van der Waals surface area contributed by atoms with Crippen LogP contribution in [0.15, 0.2) is 29.1 Å². The summed E-state index contributed by atoms with van der Waals surface area (Å²) in [5.74, 6) is -0.427. The molecule has 1 heterocycles. The Morgan fingerprint density at radius 3 is 2.42 bits per heavy atom. The van der Waals surface area contributed by atoms with Gasteiger partial charge in [-0.2, -0.15) is 5.10 Å². The van der Waals surface area contributed by atoms with Crippen LogP contribution in [-0.2, 0) is 9.53 Å². The Kier molecular flexibility index (Phi) is 5.54. The maximum absolute atomic E-state index is 12.2. The molecule has 0 saturated carbocycles. The number of rotatable bonds is 5. The van der Waals surface area contributed by atoms with E-state index in [-0.39, 0.29) is 12.2 Å². The molecule has 0 aliphatic carbocycles. The molecule has 0 saturated heterocycles. The van der Waals surface area contributed by atoms with Crippen LogP contribution in [0.3, 0.4) is 0 Å². The zero-order chi connectivity index (χ0) is 17.9. The van der Waals surface area contributed by atoms with Crippen LogP contribution in [0.25, 0.3) is 11.3 Å². The summed E-state index contributed by atoms with van der Waals surface area (Å²) in [6.07, 6.45) is 0.446. The van der Waals surface area contributed by atoms with E-state index in [1.807, 2.05) is 20.8 Å². The predicted molar refractivity (Wildman–Crippen MR) is 94.1 cm³/mol. The second-order valence-corrected chi connectivity index (χ2v) is 5.93. The average molecular weight is 328 g/mol. The summed E-state index contributed by atoms with van der Waals surface area (Å²) in [5, 5.41) is 4.45. The fraction of sp³-hybridized carbons (Fsp3) is 0.421. The quantitative estimate of drug-likeness (QED) is 0.790. The van der Waals surface area contributed by atoms with Crippen LogP contribution in [0.1, 0.15) is 43.0 Å². The number of carbonyl (C=O) groups excluding carboxylic acids is 1. The molecule has 24 heavy (non-hydrogen) atoms. The summed E-state index contributed by atoms with van der Waals surface area (Å²) in [4.78, 5) is 24.3. The zero-order valence-corrected chi connectivity index (χ0v) is 14.9. The van der Waals surface area contributed by atoms with Crippen molar-refractivity contribution in [3.63, 3.8) is 0 Å². The lowest BCUT2D eigenvalue weighted by molar-refractivity contribution is -0.147. The van der Waals surface area contributed by atoms with Crippen LogP contribution in [0.2, 0.25) is 0 Å². The summed E-state index contributed by atoms with van der Waals surface area (Å²) < 4.78 is 6.31. The van der Waals surface area contributed by atoms with Gasteiger partial charge in [-0.1, -0.05) is 13.0 Å². The summed E-state index contributed by atoms with van der Waals surface area (Å²) in [5.41, 5.74) is 4.79. The topological polar surface area (TPSA) is 61.2 Å². The molecule has 0 fully saturated rings. The molecule has 1 aromatic heterocycles. The van der Waals surface area contributed by atoms with Gasteiger partial charge in [-0.25, -0.2) is 9.48 Å². The molecule has 0 amide bonds. The molecule has 0 spiro atoms. The number of ether oxygens (including phenoxy) is 1. The molecule has 1 aromatic carbocycles. The SMILES string of the molecule is CCOC(=O)[C@@H](CC)n1nc(-c2cc(C)c(C)cc2C)ccc1=O. The predicted octanol–water partition coefficient (Wildman–Crippen LogP) is 3.35. The maximum atomic E-state index is 12.2. The number of hydrogen-bond donors (Lipinski definition) is 0. The van der Waals surface area contributed by atoms with Gasteiger partial charge in [0.15, 0.2) is 6.04 Å². The number of benzene rings is 1. The van der Waals surface area contributed by atoms with E-state index in [1.165, 1.54) is 16.3 Å². The van der Waals surface area contributed by atoms with Crippen molar-refractivity contribution in [2.24, 2.45) is 0 Å². The Hall–Kier alpha value is -2.43. The van der Waals surface area contributed by atoms with Crippen molar-refractivity contribution in [2.45, 2.75) is 47.1 Å². The van der Waals surface area contributed by atoms with Crippen LogP contribution in [0, 0.1) is 20.8 Å². The van der Waals surface area contributed by atoms with E-state index in [1.54, 1.807) is 13.0 Å². The molecule has 0 aliphatic rings. The van der Waals surface area contributed by atoms with Crippen molar-refractivity contribution in [3.05, 3.63) is 51.3 Å². The smallest absolute Gasteiger partial charge is 0.331 e. The summed E-state index contributed by atoms with van der Waals surface area (Å²) in [6, 6.07) is 6.62. The maximum Gasteiger partial charge on any atom is 0.331 e. The molecule has 1 atom stereocenters. The minimum atomic E-state index is -0.704. The first kappa shape index (κ1) is 17.9. The highest BCUT2D eigenvalue weighted by atomic mass is 16.5.